The van der Waals surface area contributed by atoms with Crippen molar-refractivity contribution in [3.63, 3.8) is 0 Å². The van der Waals surface area contributed by atoms with Gasteiger partial charge in [0.05, 0.1) is 5.56 Å². The second-order valence-electron chi connectivity index (χ2n) is 6.07. The fourth-order valence-corrected chi connectivity index (χ4v) is 2.79. The van der Waals surface area contributed by atoms with Crippen LogP contribution in [0.15, 0.2) is 39.7 Å². The van der Waals surface area contributed by atoms with Crippen molar-refractivity contribution >= 4 is 16.7 Å². The Morgan fingerprint density at radius 2 is 1.58 bits per heavy atom. The Kier molecular flexibility index (Phi) is 3.72. The van der Waals surface area contributed by atoms with Gasteiger partial charge >= 0.3 is 0 Å². The number of aryl methyl sites for hydroxylation is 1. The molecule has 0 radical (unpaired) electrons. The zero-order chi connectivity index (χ0) is 17.6. The molecule has 5 heteroatoms. The maximum absolute atomic E-state index is 12.9. The molecule has 0 amide bonds. The number of nitrogens with zero attached hydrogens (tertiary/aromatic N) is 1. The molecule has 2 N–H and O–H groups in total. The maximum Gasteiger partial charge on any atom is 0.204 e. The maximum atomic E-state index is 12.9. The van der Waals surface area contributed by atoms with Gasteiger partial charge in [0, 0.05) is 30.9 Å². The van der Waals surface area contributed by atoms with Crippen molar-refractivity contribution in [2.75, 3.05) is 19.0 Å². The number of fused-ring (bicyclic) bond motifs is 1. The van der Waals surface area contributed by atoms with Crippen molar-refractivity contribution in [2.45, 2.75) is 13.8 Å². The monoisotopic (exact) mass is 325 g/mol. The lowest BCUT2D eigenvalue weighted by molar-refractivity contribution is 0.442. The van der Waals surface area contributed by atoms with E-state index < -0.39 is 0 Å². The van der Waals surface area contributed by atoms with Crippen LogP contribution in [0.25, 0.3) is 22.1 Å². The van der Waals surface area contributed by atoms with Gasteiger partial charge in [0.2, 0.25) is 5.43 Å². The number of phenolic OH excluding ortho intramolecular Hbond substituents is 2. The van der Waals surface area contributed by atoms with Crippen molar-refractivity contribution in [1.82, 2.24) is 0 Å². The third-order valence-electron chi connectivity index (χ3n) is 4.33. The highest BCUT2D eigenvalue weighted by atomic mass is 16.3. The summed E-state index contributed by atoms with van der Waals surface area (Å²) in [6, 6.07) is 7.49. The summed E-state index contributed by atoms with van der Waals surface area (Å²) in [7, 11) is 3.88. The number of hydrogen-bond acceptors (Lipinski definition) is 5. The lowest BCUT2D eigenvalue weighted by atomic mass is 10.0. The van der Waals surface area contributed by atoms with E-state index in [-0.39, 0.29) is 33.5 Å². The van der Waals surface area contributed by atoms with E-state index in [2.05, 4.69) is 0 Å². The Bertz CT molecular complexity index is 985. The quantitative estimate of drug-likeness (QED) is 0.754. The molecule has 0 aliphatic heterocycles. The molecule has 24 heavy (non-hydrogen) atoms. The van der Waals surface area contributed by atoms with E-state index >= 15 is 0 Å². The minimum atomic E-state index is -0.322. The molecule has 3 rings (SSSR count). The normalized spacial score (nSPS) is 11.0. The van der Waals surface area contributed by atoms with E-state index in [4.69, 9.17) is 4.42 Å². The first kappa shape index (κ1) is 15.9. The molecule has 0 spiro atoms. The standard InChI is InChI=1S/C19H19NO4/c1-10-16(21)11(2)19-15(17(10)22)18(23)14(9-24-19)12-5-7-13(8-6-12)20(3)4/h5-9,21-22H,1-4H3. The van der Waals surface area contributed by atoms with Crippen LogP contribution < -0.4 is 10.3 Å². The third-order valence-corrected chi connectivity index (χ3v) is 4.33. The van der Waals surface area contributed by atoms with Crippen LogP contribution in [0, 0.1) is 13.8 Å². The zero-order valence-electron chi connectivity index (χ0n) is 14.0. The van der Waals surface area contributed by atoms with Crippen LogP contribution in [0.1, 0.15) is 11.1 Å². The molecule has 1 heterocycles. The Hall–Kier alpha value is -2.95. The number of anilines is 1. The van der Waals surface area contributed by atoms with E-state index in [1.54, 1.807) is 13.8 Å². The van der Waals surface area contributed by atoms with Gasteiger partial charge in [-0.15, -0.1) is 0 Å². The topological polar surface area (TPSA) is 73.9 Å². The van der Waals surface area contributed by atoms with E-state index in [1.165, 1.54) is 6.26 Å². The lowest BCUT2D eigenvalue weighted by Crippen LogP contribution is -2.09. The number of hydrogen-bond donors (Lipinski definition) is 2. The van der Waals surface area contributed by atoms with Gasteiger partial charge in [-0.05, 0) is 31.5 Å². The smallest absolute Gasteiger partial charge is 0.204 e. The SMILES string of the molecule is Cc1c(O)c(C)c2occ(-c3ccc(N(C)C)cc3)c(=O)c2c1O. The van der Waals surface area contributed by atoms with Gasteiger partial charge in [-0.1, -0.05) is 12.1 Å². The van der Waals surface area contributed by atoms with Crippen LogP contribution in [0.4, 0.5) is 5.69 Å². The molecule has 0 aliphatic carbocycles. The second kappa shape index (κ2) is 5.60. The van der Waals surface area contributed by atoms with Crippen LogP contribution >= 0.6 is 0 Å². The summed E-state index contributed by atoms with van der Waals surface area (Å²) >= 11 is 0. The second-order valence-corrected chi connectivity index (χ2v) is 6.07. The average Bonchev–Trinajstić information content (AvgIpc) is 2.58. The highest BCUT2D eigenvalue weighted by molar-refractivity contribution is 5.92. The minimum Gasteiger partial charge on any atom is -0.507 e. The molecule has 0 saturated heterocycles. The fourth-order valence-electron chi connectivity index (χ4n) is 2.79. The molecule has 0 aliphatic rings. The Morgan fingerprint density at radius 3 is 2.17 bits per heavy atom. The van der Waals surface area contributed by atoms with Crippen molar-refractivity contribution in [3.05, 3.63) is 51.9 Å². The predicted molar refractivity (Wildman–Crippen MR) is 95.1 cm³/mol. The molecule has 0 fully saturated rings. The number of phenols is 2. The van der Waals surface area contributed by atoms with Crippen molar-refractivity contribution in [1.29, 1.82) is 0 Å². The largest absolute Gasteiger partial charge is 0.507 e. The molecular formula is C19H19NO4. The summed E-state index contributed by atoms with van der Waals surface area (Å²) in [5, 5.41) is 20.4. The van der Waals surface area contributed by atoms with Crippen molar-refractivity contribution in [2.24, 2.45) is 0 Å². The molecule has 124 valence electrons. The van der Waals surface area contributed by atoms with E-state index in [1.807, 2.05) is 43.3 Å². The average molecular weight is 325 g/mol. The summed E-state index contributed by atoms with van der Waals surface area (Å²) < 4.78 is 5.57. The first-order valence-corrected chi connectivity index (χ1v) is 7.57. The summed E-state index contributed by atoms with van der Waals surface area (Å²) in [4.78, 5) is 14.8. The number of aromatic hydroxyl groups is 2. The molecule has 2 aromatic carbocycles. The van der Waals surface area contributed by atoms with E-state index in [0.717, 1.165) is 5.69 Å². The summed E-state index contributed by atoms with van der Waals surface area (Å²) in [5.74, 6) is -0.306. The molecule has 3 aromatic rings. The van der Waals surface area contributed by atoms with Gasteiger partial charge in [-0.3, -0.25) is 4.79 Å². The van der Waals surface area contributed by atoms with Crippen molar-refractivity contribution in [3.8, 4) is 22.6 Å². The number of rotatable bonds is 2. The van der Waals surface area contributed by atoms with Gasteiger partial charge in [0.25, 0.3) is 0 Å². The molecule has 0 atom stereocenters. The minimum absolute atomic E-state index is 0.0637. The highest BCUT2D eigenvalue weighted by Crippen LogP contribution is 2.38. The van der Waals surface area contributed by atoms with Gasteiger partial charge in [0.1, 0.15) is 28.7 Å². The van der Waals surface area contributed by atoms with Crippen LogP contribution in [-0.4, -0.2) is 24.3 Å². The highest BCUT2D eigenvalue weighted by Gasteiger charge is 2.20. The van der Waals surface area contributed by atoms with Crippen LogP contribution in [-0.2, 0) is 0 Å². The molecule has 1 aromatic heterocycles. The van der Waals surface area contributed by atoms with Gasteiger partial charge in [0.15, 0.2) is 0 Å². The van der Waals surface area contributed by atoms with E-state index in [9.17, 15) is 15.0 Å². The molecule has 0 saturated carbocycles. The van der Waals surface area contributed by atoms with E-state index in [0.29, 0.717) is 16.7 Å². The number of benzene rings is 2. The third kappa shape index (κ3) is 2.29. The predicted octanol–water partition coefficient (Wildman–Crippen LogP) is 3.55. The molecular weight excluding hydrogens is 306 g/mol. The van der Waals surface area contributed by atoms with Crippen LogP contribution in [0.3, 0.4) is 0 Å². The Labute approximate surface area is 139 Å². The first-order chi connectivity index (χ1) is 11.3. The van der Waals surface area contributed by atoms with Crippen LogP contribution in [0.5, 0.6) is 11.5 Å². The van der Waals surface area contributed by atoms with Gasteiger partial charge in [-0.25, -0.2) is 0 Å². The summed E-state index contributed by atoms with van der Waals surface area (Å²) in [6.45, 7) is 3.22. The van der Waals surface area contributed by atoms with Gasteiger partial charge in [-0.2, -0.15) is 0 Å². The van der Waals surface area contributed by atoms with Crippen LogP contribution in [0.2, 0.25) is 0 Å². The summed E-state index contributed by atoms with van der Waals surface area (Å²) in [6.07, 6.45) is 1.37. The fraction of sp³-hybridized carbons (Fsp3) is 0.211. The molecule has 0 bridgehead atoms. The molecule has 5 nitrogen and oxygen atoms in total. The first-order valence-electron chi connectivity index (χ1n) is 7.57. The zero-order valence-corrected chi connectivity index (χ0v) is 14.0. The molecule has 0 unspecified atom stereocenters. The summed E-state index contributed by atoms with van der Waals surface area (Å²) in [5.41, 5.74) is 2.68. The van der Waals surface area contributed by atoms with Crippen molar-refractivity contribution < 1.29 is 14.6 Å². The van der Waals surface area contributed by atoms with Gasteiger partial charge < -0.3 is 19.5 Å². The lowest BCUT2D eigenvalue weighted by Gasteiger charge is -2.13. The Morgan fingerprint density at radius 1 is 0.958 bits per heavy atom. The Balaban J connectivity index is 2.28.